The van der Waals surface area contributed by atoms with Crippen LogP contribution in [0.5, 0.6) is 0 Å². The number of hydrogen-bond acceptors (Lipinski definition) is 3. The van der Waals surface area contributed by atoms with Crippen LogP contribution in [0.2, 0.25) is 0 Å². The van der Waals surface area contributed by atoms with Crippen molar-refractivity contribution < 1.29 is 9.31 Å². The van der Waals surface area contributed by atoms with Gasteiger partial charge in [0.1, 0.15) is 11.5 Å². The first-order valence-corrected chi connectivity index (χ1v) is 6.25. The largest absolute Gasteiger partial charge is 0.377 e. The van der Waals surface area contributed by atoms with Crippen LogP contribution in [0, 0.1) is 15.9 Å². The molecule has 0 fully saturated rings. The Hall–Kier alpha value is -1.65. The van der Waals surface area contributed by atoms with Gasteiger partial charge in [0.25, 0.3) is 5.69 Å². The standard InChI is InChI=1S/C13H19FN2O2/c1-3-4-5-6-10(2)15-12-9-11(14)7-8-13(12)16(17)18/h7-10,15H,3-6H2,1-2H3. The molecule has 18 heavy (non-hydrogen) atoms. The van der Waals surface area contributed by atoms with Gasteiger partial charge in [-0.3, -0.25) is 10.1 Å². The van der Waals surface area contributed by atoms with Crippen LogP contribution < -0.4 is 5.32 Å². The maximum Gasteiger partial charge on any atom is 0.292 e. The molecule has 0 aliphatic carbocycles. The van der Waals surface area contributed by atoms with E-state index in [4.69, 9.17) is 0 Å². The van der Waals surface area contributed by atoms with Crippen LogP contribution in [0.25, 0.3) is 0 Å². The summed E-state index contributed by atoms with van der Waals surface area (Å²) in [6, 6.07) is 3.56. The predicted molar refractivity (Wildman–Crippen MR) is 70.3 cm³/mol. The molecule has 0 heterocycles. The van der Waals surface area contributed by atoms with Crippen molar-refractivity contribution in [3.8, 4) is 0 Å². The molecule has 0 saturated heterocycles. The average Bonchev–Trinajstić information content (AvgIpc) is 2.29. The van der Waals surface area contributed by atoms with Gasteiger partial charge in [-0.15, -0.1) is 0 Å². The Morgan fingerprint density at radius 3 is 2.78 bits per heavy atom. The van der Waals surface area contributed by atoms with Gasteiger partial charge in [-0.2, -0.15) is 0 Å². The monoisotopic (exact) mass is 254 g/mol. The molecule has 0 amide bonds. The van der Waals surface area contributed by atoms with Gasteiger partial charge >= 0.3 is 0 Å². The lowest BCUT2D eigenvalue weighted by molar-refractivity contribution is -0.384. The zero-order valence-corrected chi connectivity index (χ0v) is 10.8. The van der Waals surface area contributed by atoms with Crippen LogP contribution in [0.4, 0.5) is 15.8 Å². The van der Waals surface area contributed by atoms with Crippen molar-refractivity contribution >= 4 is 11.4 Å². The molecule has 0 spiro atoms. The first-order valence-electron chi connectivity index (χ1n) is 6.25. The van der Waals surface area contributed by atoms with Crippen LogP contribution >= 0.6 is 0 Å². The van der Waals surface area contributed by atoms with Gasteiger partial charge in [0.15, 0.2) is 0 Å². The molecule has 5 heteroatoms. The topological polar surface area (TPSA) is 55.2 Å². The number of benzene rings is 1. The van der Waals surface area contributed by atoms with E-state index in [1.807, 2.05) is 6.92 Å². The molecule has 1 aromatic rings. The Bertz CT molecular complexity index is 410. The number of halogens is 1. The quantitative estimate of drug-likeness (QED) is 0.452. The second-order valence-electron chi connectivity index (χ2n) is 4.46. The van der Waals surface area contributed by atoms with Gasteiger partial charge in [0, 0.05) is 18.2 Å². The summed E-state index contributed by atoms with van der Waals surface area (Å²) in [4.78, 5) is 10.3. The SMILES string of the molecule is CCCCCC(C)Nc1cc(F)ccc1[N+](=O)[O-]. The molecule has 0 aliphatic rings. The lowest BCUT2D eigenvalue weighted by atomic mass is 10.1. The predicted octanol–water partition coefficient (Wildman–Crippen LogP) is 4.11. The van der Waals surface area contributed by atoms with E-state index < -0.39 is 10.7 Å². The molecule has 0 bridgehead atoms. The first-order chi connectivity index (χ1) is 8.54. The van der Waals surface area contributed by atoms with Crippen molar-refractivity contribution in [1.82, 2.24) is 0 Å². The normalized spacial score (nSPS) is 12.2. The summed E-state index contributed by atoms with van der Waals surface area (Å²) in [7, 11) is 0. The molecule has 0 aliphatic heterocycles. The molecule has 1 aromatic carbocycles. The third-order valence-electron chi connectivity index (χ3n) is 2.80. The van der Waals surface area contributed by atoms with Gasteiger partial charge in [-0.05, 0) is 19.4 Å². The second-order valence-corrected chi connectivity index (χ2v) is 4.46. The van der Waals surface area contributed by atoms with E-state index in [-0.39, 0.29) is 17.4 Å². The summed E-state index contributed by atoms with van der Waals surface area (Å²) in [5.41, 5.74) is 0.169. The minimum absolute atomic E-state index is 0.0845. The average molecular weight is 254 g/mol. The van der Waals surface area contributed by atoms with E-state index >= 15 is 0 Å². The van der Waals surface area contributed by atoms with Gasteiger partial charge in [0.05, 0.1) is 4.92 Å². The Morgan fingerprint density at radius 1 is 1.44 bits per heavy atom. The van der Waals surface area contributed by atoms with Crippen LogP contribution in [-0.2, 0) is 0 Å². The fraction of sp³-hybridized carbons (Fsp3) is 0.538. The summed E-state index contributed by atoms with van der Waals surface area (Å²) in [6.45, 7) is 4.07. The van der Waals surface area contributed by atoms with Gasteiger partial charge in [0.2, 0.25) is 0 Å². The first kappa shape index (κ1) is 14.4. The van der Waals surface area contributed by atoms with Gasteiger partial charge in [-0.25, -0.2) is 4.39 Å². The Labute approximate surface area is 106 Å². The fourth-order valence-electron chi connectivity index (χ4n) is 1.82. The smallest absolute Gasteiger partial charge is 0.292 e. The zero-order valence-electron chi connectivity index (χ0n) is 10.8. The Morgan fingerprint density at radius 2 is 2.17 bits per heavy atom. The lowest BCUT2D eigenvalue weighted by Gasteiger charge is -2.15. The number of nitro groups is 1. The highest BCUT2D eigenvalue weighted by molar-refractivity contribution is 5.61. The van der Waals surface area contributed by atoms with E-state index in [1.165, 1.54) is 12.1 Å². The molecule has 1 rings (SSSR count). The lowest BCUT2D eigenvalue weighted by Crippen LogP contribution is -2.16. The van der Waals surface area contributed by atoms with Crippen molar-refractivity contribution in [3.63, 3.8) is 0 Å². The molecule has 0 aromatic heterocycles. The minimum atomic E-state index is -0.499. The maximum atomic E-state index is 13.1. The highest BCUT2D eigenvalue weighted by Gasteiger charge is 2.15. The summed E-state index contributed by atoms with van der Waals surface area (Å²) in [6.07, 6.45) is 4.25. The third-order valence-corrected chi connectivity index (χ3v) is 2.80. The number of unbranched alkanes of at least 4 members (excludes halogenated alkanes) is 2. The molecular weight excluding hydrogens is 235 g/mol. The molecule has 1 unspecified atom stereocenters. The fourth-order valence-corrected chi connectivity index (χ4v) is 1.82. The molecule has 1 atom stereocenters. The number of nitro benzene ring substituents is 1. The maximum absolute atomic E-state index is 13.1. The van der Waals surface area contributed by atoms with Crippen LogP contribution in [0.3, 0.4) is 0 Å². The summed E-state index contributed by atoms with van der Waals surface area (Å²) < 4.78 is 13.1. The van der Waals surface area contributed by atoms with E-state index in [9.17, 15) is 14.5 Å². The number of rotatable bonds is 7. The van der Waals surface area contributed by atoms with Crippen molar-refractivity contribution in [3.05, 3.63) is 34.1 Å². The van der Waals surface area contributed by atoms with Gasteiger partial charge < -0.3 is 5.32 Å². The molecule has 0 radical (unpaired) electrons. The molecule has 4 nitrogen and oxygen atoms in total. The Balaban J connectivity index is 2.70. The molecular formula is C13H19FN2O2. The zero-order chi connectivity index (χ0) is 13.5. The number of anilines is 1. The van der Waals surface area contributed by atoms with E-state index in [0.29, 0.717) is 0 Å². The molecule has 1 N–H and O–H groups in total. The van der Waals surface area contributed by atoms with Crippen molar-refractivity contribution in [2.45, 2.75) is 45.6 Å². The summed E-state index contributed by atoms with van der Waals surface area (Å²) >= 11 is 0. The van der Waals surface area contributed by atoms with E-state index in [0.717, 1.165) is 31.7 Å². The minimum Gasteiger partial charge on any atom is -0.377 e. The number of nitrogens with one attached hydrogen (secondary N) is 1. The van der Waals surface area contributed by atoms with Crippen LogP contribution in [0.1, 0.15) is 39.5 Å². The second kappa shape index (κ2) is 6.93. The van der Waals surface area contributed by atoms with Crippen LogP contribution in [0.15, 0.2) is 18.2 Å². The van der Waals surface area contributed by atoms with E-state index in [2.05, 4.69) is 12.2 Å². The highest BCUT2D eigenvalue weighted by Crippen LogP contribution is 2.26. The molecule has 0 saturated carbocycles. The third kappa shape index (κ3) is 4.31. The van der Waals surface area contributed by atoms with Crippen molar-refractivity contribution in [1.29, 1.82) is 0 Å². The summed E-state index contributed by atoms with van der Waals surface area (Å²) in [5.74, 6) is -0.469. The highest BCUT2D eigenvalue weighted by atomic mass is 19.1. The van der Waals surface area contributed by atoms with E-state index in [1.54, 1.807) is 0 Å². The summed E-state index contributed by atoms with van der Waals surface area (Å²) in [5, 5.41) is 13.8. The number of hydrogen-bond donors (Lipinski definition) is 1. The van der Waals surface area contributed by atoms with Crippen molar-refractivity contribution in [2.75, 3.05) is 5.32 Å². The van der Waals surface area contributed by atoms with Gasteiger partial charge in [-0.1, -0.05) is 26.2 Å². The Kier molecular flexibility index (Phi) is 5.55. The van der Waals surface area contributed by atoms with Crippen molar-refractivity contribution in [2.24, 2.45) is 0 Å². The molecule has 100 valence electrons. The number of nitrogens with zero attached hydrogens (tertiary/aromatic N) is 1. The van der Waals surface area contributed by atoms with Crippen LogP contribution in [-0.4, -0.2) is 11.0 Å².